The second kappa shape index (κ2) is 6.21. The molecular formula is C10H10F6P2. The lowest BCUT2D eigenvalue weighted by molar-refractivity contribution is -0.0381. The summed E-state index contributed by atoms with van der Waals surface area (Å²) >= 11 is 0. The molecule has 1 aromatic carbocycles. The van der Waals surface area contributed by atoms with Crippen molar-refractivity contribution in [3.05, 3.63) is 35.4 Å². The molecule has 18 heavy (non-hydrogen) atoms. The lowest BCUT2D eigenvalue weighted by Gasteiger charge is -2.09. The third kappa shape index (κ3) is 7.17. The first-order chi connectivity index (χ1) is 8.16. The van der Waals surface area contributed by atoms with Crippen LogP contribution in [0.1, 0.15) is 11.1 Å². The number of halogens is 6. The molecule has 102 valence electrons. The molecule has 0 amide bonds. The first-order valence-electron chi connectivity index (χ1n) is 4.87. The van der Waals surface area contributed by atoms with Gasteiger partial charge in [-0.25, -0.2) is 0 Å². The Balaban J connectivity index is 2.57. The van der Waals surface area contributed by atoms with Gasteiger partial charge in [-0.1, -0.05) is 24.3 Å². The molecule has 1 rings (SSSR count). The molecule has 0 bridgehead atoms. The van der Waals surface area contributed by atoms with Gasteiger partial charge in [-0.3, -0.25) is 0 Å². The fourth-order valence-electron chi connectivity index (χ4n) is 1.25. The minimum atomic E-state index is -4.22. The molecule has 0 aliphatic rings. The van der Waals surface area contributed by atoms with Gasteiger partial charge in [0.2, 0.25) is 0 Å². The van der Waals surface area contributed by atoms with Gasteiger partial charge in [0.15, 0.2) is 0 Å². The molecule has 0 fully saturated rings. The average Bonchev–Trinajstić information content (AvgIpc) is 2.22. The van der Waals surface area contributed by atoms with Crippen molar-refractivity contribution in [2.45, 2.75) is 24.2 Å². The molecular weight excluding hydrogens is 296 g/mol. The predicted molar refractivity (Wildman–Crippen MR) is 62.6 cm³/mol. The summed E-state index contributed by atoms with van der Waals surface area (Å²) in [5.41, 5.74) is 0.852. The van der Waals surface area contributed by atoms with Gasteiger partial charge >= 0.3 is 11.8 Å². The maximum absolute atomic E-state index is 12.0. The topological polar surface area (TPSA) is 0 Å². The van der Waals surface area contributed by atoms with Crippen molar-refractivity contribution in [2.75, 3.05) is 0 Å². The van der Waals surface area contributed by atoms with E-state index < -0.39 is 29.0 Å². The molecule has 0 radical (unpaired) electrons. The first kappa shape index (κ1) is 15.7. The molecule has 8 heteroatoms. The molecule has 0 aromatic heterocycles. The number of rotatable bonds is 4. The van der Waals surface area contributed by atoms with Gasteiger partial charge < -0.3 is 0 Å². The number of alkyl halides is 6. The van der Waals surface area contributed by atoms with E-state index in [1.54, 1.807) is 0 Å². The number of benzene rings is 1. The Labute approximate surface area is 104 Å². The largest absolute Gasteiger partial charge is 0.402 e. The molecule has 2 atom stereocenters. The van der Waals surface area contributed by atoms with Crippen LogP contribution in [-0.2, 0) is 12.3 Å². The zero-order valence-electron chi connectivity index (χ0n) is 8.99. The molecule has 0 N–H and O–H groups in total. The molecule has 0 saturated heterocycles. The highest BCUT2D eigenvalue weighted by atomic mass is 31.1. The van der Waals surface area contributed by atoms with Crippen LogP contribution < -0.4 is 0 Å². The summed E-state index contributed by atoms with van der Waals surface area (Å²) in [6, 6.07) is 5.90. The Morgan fingerprint density at radius 2 is 1.17 bits per heavy atom. The predicted octanol–water partition coefficient (Wildman–Crippen LogP) is 5.08. The lowest BCUT2D eigenvalue weighted by atomic mass is 10.2. The molecule has 1 aromatic rings. The van der Waals surface area contributed by atoms with E-state index in [2.05, 4.69) is 0 Å². The number of hydrogen-bond acceptors (Lipinski definition) is 0. The van der Waals surface area contributed by atoms with Gasteiger partial charge in [0.05, 0.1) is 0 Å². The van der Waals surface area contributed by atoms with Crippen molar-refractivity contribution in [3.8, 4) is 0 Å². The van der Waals surface area contributed by atoms with Crippen LogP contribution in [0.2, 0.25) is 0 Å². The van der Waals surface area contributed by atoms with Crippen molar-refractivity contribution < 1.29 is 26.3 Å². The van der Waals surface area contributed by atoms with E-state index in [0.717, 1.165) is 0 Å². The molecule has 0 aliphatic carbocycles. The maximum Gasteiger partial charge on any atom is 0.402 e. The highest BCUT2D eigenvalue weighted by Crippen LogP contribution is 2.41. The maximum atomic E-state index is 12.0. The Hall–Kier alpha value is -0.340. The van der Waals surface area contributed by atoms with Crippen LogP contribution in [0.3, 0.4) is 0 Å². The summed E-state index contributed by atoms with van der Waals surface area (Å²) in [4.78, 5) is 0. The van der Waals surface area contributed by atoms with Gasteiger partial charge in [-0.15, -0.1) is 0 Å². The lowest BCUT2D eigenvalue weighted by Crippen LogP contribution is -1.99. The minimum absolute atomic E-state index is 0.174. The fraction of sp³-hybridized carbons (Fsp3) is 0.400. The molecule has 0 nitrogen and oxygen atoms in total. The summed E-state index contributed by atoms with van der Waals surface area (Å²) in [5, 5.41) is 0. The van der Waals surface area contributed by atoms with E-state index in [4.69, 9.17) is 0 Å². The molecule has 0 saturated carbocycles. The van der Waals surface area contributed by atoms with E-state index in [-0.39, 0.29) is 12.3 Å². The molecule has 0 aliphatic heterocycles. The summed E-state index contributed by atoms with van der Waals surface area (Å²) < 4.78 is 72.1. The third-order valence-corrected chi connectivity index (χ3v) is 3.95. The van der Waals surface area contributed by atoms with Crippen LogP contribution >= 0.6 is 17.2 Å². The minimum Gasteiger partial charge on any atom is -0.167 e. The quantitative estimate of drug-likeness (QED) is 0.537. The normalized spacial score (nSPS) is 14.1. The van der Waals surface area contributed by atoms with Gasteiger partial charge in [0, 0.05) is 0 Å². The van der Waals surface area contributed by atoms with E-state index in [1.807, 2.05) is 0 Å². The fourth-order valence-corrected chi connectivity index (χ4v) is 2.50. The zero-order chi connectivity index (χ0) is 13.8. The van der Waals surface area contributed by atoms with Crippen molar-refractivity contribution in [3.63, 3.8) is 0 Å². The summed E-state index contributed by atoms with van der Waals surface area (Å²) in [6.07, 6.45) is -0.348. The van der Waals surface area contributed by atoms with Crippen LogP contribution in [0.15, 0.2) is 24.3 Å². The Morgan fingerprint density at radius 1 is 0.778 bits per heavy atom. The van der Waals surface area contributed by atoms with E-state index in [1.165, 1.54) is 24.3 Å². The van der Waals surface area contributed by atoms with Crippen molar-refractivity contribution in [2.24, 2.45) is 0 Å². The van der Waals surface area contributed by atoms with Gasteiger partial charge in [0.1, 0.15) is 0 Å². The smallest absolute Gasteiger partial charge is 0.167 e. The summed E-state index contributed by atoms with van der Waals surface area (Å²) in [5.74, 6) is -8.44. The average molecular weight is 306 g/mol. The Morgan fingerprint density at radius 3 is 1.50 bits per heavy atom. The van der Waals surface area contributed by atoms with Crippen LogP contribution in [-0.4, -0.2) is 11.8 Å². The zero-order valence-corrected chi connectivity index (χ0v) is 11.0. The molecule has 0 heterocycles. The van der Waals surface area contributed by atoms with Crippen LogP contribution in [0.4, 0.5) is 26.3 Å². The van der Waals surface area contributed by atoms with E-state index in [0.29, 0.717) is 11.1 Å². The van der Waals surface area contributed by atoms with E-state index >= 15 is 0 Å². The second-order valence-electron chi connectivity index (χ2n) is 3.52. The number of hydrogen-bond donors (Lipinski definition) is 0. The van der Waals surface area contributed by atoms with Crippen LogP contribution in [0.5, 0.6) is 0 Å². The molecule has 2 unspecified atom stereocenters. The summed E-state index contributed by atoms with van der Waals surface area (Å²) in [6.45, 7) is 0. The Kier molecular flexibility index (Phi) is 5.42. The van der Waals surface area contributed by atoms with Crippen molar-refractivity contribution in [1.29, 1.82) is 0 Å². The SMILES string of the molecule is FC(F)(F)PCc1cccc(CPC(F)(F)F)c1. The van der Waals surface area contributed by atoms with Crippen LogP contribution in [0.25, 0.3) is 0 Å². The molecule has 0 spiro atoms. The van der Waals surface area contributed by atoms with E-state index in [9.17, 15) is 26.3 Å². The first-order valence-corrected chi connectivity index (χ1v) is 7.28. The highest BCUT2D eigenvalue weighted by Gasteiger charge is 2.27. The third-order valence-electron chi connectivity index (χ3n) is 1.98. The monoisotopic (exact) mass is 306 g/mol. The van der Waals surface area contributed by atoms with Gasteiger partial charge in [-0.2, -0.15) is 26.3 Å². The summed E-state index contributed by atoms with van der Waals surface area (Å²) in [7, 11) is -2.43. The van der Waals surface area contributed by atoms with Crippen LogP contribution in [0, 0.1) is 0 Å². The standard InChI is InChI=1S/C10H10F6P2/c11-9(12,13)17-5-7-2-1-3-8(4-7)6-18-10(14,15)16/h1-4,17-18H,5-6H2. The van der Waals surface area contributed by atoms with Crippen molar-refractivity contribution in [1.82, 2.24) is 0 Å². The van der Waals surface area contributed by atoms with Crippen molar-refractivity contribution >= 4 is 17.2 Å². The van der Waals surface area contributed by atoms with Gasteiger partial charge in [-0.05, 0) is 40.6 Å². The Bertz CT molecular complexity index is 351. The highest BCUT2D eigenvalue weighted by molar-refractivity contribution is 7.38. The second-order valence-corrected chi connectivity index (χ2v) is 6.07. The van der Waals surface area contributed by atoms with Gasteiger partial charge in [0.25, 0.3) is 0 Å².